The van der Waals surface area contributed by atoms with E-state index in [1.54, 1.807) is 0 Å². The summed E-state index contributed by atoms with van der Waals surface area (Å²) in [5, 5.41) is 0. The van der Waals surface area contributed by atoms with Crippen LogP contribution in [-0.2, 0) is 10.2 Å². The number of likely N-dealkylation sites (N-methyl/N-ethyl adjacent to an activating group) is 1. The lowest BCUT2D eigenvalue weighted by Crippen LogP contribution is -2.46. The van der Waals surface area contributed by atoms with Gasteiger partial charge in [0.2, 0.25) is 0 Å². The first-order chi connectivity index (χ1) is 10.6. The molecule has 2 aliphatic heterocycles. The van der Waals surface area contributed by atoms with Crippen LogP contribution < -0.4 is 9.47 Å². The van der Waals surface area contributed by atoms with Crippen molar-refractivity contribution in [3.63, 3.8) is 0 Å². The third kappa shape index (κ3) is 1.64. The third-order valence-electron chi connectivity index (χ3n) is 6.12. The van der Waals surface area contributed by atoms with Crippen LogP contribution in [0.15, 0.2) is 18.2 Å². The molecule has 2 aliphatic carbocycles. The van der Waals surface area contributed by atoms with Crippen LogP contribution in [0.25, 0.3) is 0 Å². The Labute approximate surface area is 130 Å². The molecular weight excluding hydrogens is 278 g/mol. The predicted molar refractivity (Wildman–Crippen MR) is 81.2 cm³/mol. The summed E-state index contributed by atoms with van der Waals surface area (Å²) in [6, 6.07) is 6.79. The topological polar surface area (TPSA) is 38.8 Å². The fourth-order valence-corrected chi connectivity index (χ4v) is 4.63. The highest BCUT2D eigenvalue weighted by Crippen LogP contribution is 2.54. The van der Waals surface area contributed by atoms with Crippen molar-refractivity contribution in [2.24, 2.45) is 0 Å². The fraction of sp³-hybridized carbons (Fsp3) is 0.611. The van der Waals surface area contributed by atoms with Gasteiger partial charge in [-0.2, -0.15) is 0 Å². The van der Waals surface area contributed by atoms with Gasteiger partial charge in [-0.25, -0.2) is 0 Å². The smallest absolute Gasteiger partial charge is 0.252 e. The van der Waals surface area contributed by atoms with Crippen molar-refractivity contribution in [3.05, 3.63) is 23.8 Å². The van der Waals surface area contributed by atoms with Crippen LogP contribution in [0.4, 0.5) is 0 Å². The first kappa shape index (κ1) is 12.9. The van der Waals surface area contributed by atoms with Gasteiger partial charge in [-0.3, -0.25) is 4.79 Å². The van der Waals surface area contributed by atoms with Crippen molar-refractivity contribution >= 4 is 5.78 Å². The van der Waals surface area contributed by atoms with Crippen molar-refractivity contribution in [1.82, 2.24) is 4.90 Å². The van der Waals surface area contributed by atoms with Crippen LogP contribution in [0.5, 0.6) is 11.5 Å². The molecule has 0 aromatic heterocycles. The maximum Gasteiger partial charge on any atom is 0.252 e. The number of hydrogen-bond acceptors (Lipinski definition) is 4. The van der Waals surface area contributed by atoms with Crippen LogP contribution in [0, 0.1) is 0 Å². The number of nitrogens with zero attached hydrogens (tertiary/aromatic N) is 1. The summed E-state index contributed by atoms with van der Waals surface area (Å²) in [4.78, 5) is 14.3. The van der Waals surface area contributed by atoms with E-state index in [4.69, 9.17) is 9.47 Å². The lowest BCUT2D eigenvalue weighted by atomic mass is 9.66. The second kappa shape index (κ2) is 4.05. The molecule has 0 radical (unpaired) electrons. The molecule has 22 heavy (non-hydrogen) atoms. The molecule has 3 fully saturated rings. The zero-order valence-corrected chi connectivity index (χ0v) is 12.9. The summed E-state index contributed by atoms with van der Waals surface area (Å²) < 4.78 is 11.9. The molecule has 1 aromatic rings. The first-order valence-electron chi connectivity index (χ1n) is 8.35. The highest BCUT2D eigenvalue weighted by Gasteiger charge is 2.54. The van der Waals surface area contributed by atoms with E-state index in [0.717, 1.165) is 43.7 Å². The molecule has 116 valence electrons. The van der Waals surface area contributed by atoms with Crippen molar-refractivity contribution in [2.45, 2.75) is 55.8 Å². The molecule has 4 nitrogen and oxygen atoms in total. The standard InChI is InChI=1S/C18H21NO3/c1-19-9-8-17(5-4-13(20)11-16(17)19)12-2-3-14-15(10-12)22-18(21-14)6-7-18/h2-3,10,16H,4-9,11H2,1H3/t16-,17-/m0/s1. The SMILES string of the molecule is CN1CC[C@]2(c3ccc4c(c3)OC3(CC3)O4)CCC(=O)C[C@H]12. The number of benzene rings is 1. The van der Waals surface area contributed by atoms with Crippen LogP contribution >= 0.6 is 0 Å². The summed E-state index contributed by atoms with van der Waals surface area (Å²) in [6.07, 6.45) is 5.47. The van der Waals surface area contributed by atoms with Gasteiger partial charge in [-0.1, -0.05) is 6.07 Å². The molecule has 2 atom stereocenters. The number of likely N-dealkylation sites (tertiary alicyclic amines) is 1. The van der Waals surface area contributed by atoms with Gasteiger partial charge < -0.3 is 14.4 Å². The Morgan fingerprint density at radius 3 is 2.77 bits per heavy atom. The molecule has 1 saturated heterocycles. The first-order valence-corrected chi connectivity index (χ1v) is 8.35. The Hall–Kier alpha value is -1.55. The summed E-state index contributed by atoms with van der Waals surface area (Å²) >= 11 is 0. The lowest BCUT2D eigenvalue weighted by molar-refractivity contribution is -0.122. The van der Waals surface area contributed by atoms with E-state index < -0.39 is 0 Å². The lowest BCUT2D eigenvalue weighted by Gasteiger charge is -2.41. The minimum Gasteiger partial charge on any atom is -0.448 e. The maximum atomic E-state index is 11.9. The van der Waals surface area contributed by atoms with E-state index in [1.807, 2.05) is 0 Å². The quantitative estimate of drug-likeness (QED) is 0.799. The van der Waals surface area contributed by atoms with E-state index in [1.165, 1.54) is 5.56 Å². The third-order valence-corrected chi connectivity index (χ3v) is 6.12. The molecule has 2 saturated carbocycles. The Balaban J connectivity index is 1.55. The van der Waals surface area contributed by atoms with E-state index in [2.05, 4.69) is 30.1 Å². The Morgan fingerprint density at radius 1 is 1.14 bits per heavy atom. The average Bonchev–Trinajstić information content (AvgIpc) is 3.02. The summed E-state index contributed by atoms with van der Waals surface area (Å²) in [6.45, 7) is 1.07. The van der Waals surface area contributed by atoms with Crippen LogP contribution in [0.2, 0.25) is 0 Å². The molecule has 4 aliphatic rings. The summed E-state index contributed by atoms with van der Waals surface area (Å²) in [5.41, 5.74) is 1.44. The number of fused-ring (bicyclic) bond motifs is 2. The molecular formula is C18H21NO3. The molecule has 2 heterocycles. The molecule has 1 spiro atoms. The molecule has 1 aromatic carbocycles. The number of carbonyl (C=O) groups is 1. The van der Waals surface area contributed by atoms with Gasteiger partial charge in [0.05, 0.1) is 0 Å². The largest absolute Gasteiger partial charge is 0.448 e. The van der Waals surface area contributed by atoms with E-state index in [9.17, 15) is 4.79 Å². The highest BCUT2D eigenvalue weighted by molar-refractivity contribution is 5.81. The average molecular weight is 299 g/mol. The van der Waals surface area contributed by atoms with E-state index in [0.29, 0.717) is 24.7 Å². The normalized spacial score (nSPS) is 35.0. The molecule has 4 heteroatoms. The minimum absolute atomic E-state index is 0.111. The van der Waals surface area contributed by atoms with Gasteiger partial charge in [0.1, 0.15) is 5.78 Å². The minimum atomic E-state index is -0.340. The highest BCUT2D eigenvalue weighted by atomic mass is 16.7. The molecule has 0 amide bonds. The van der Waals surface area contributed by atoms with Crippen molar-refractivity contribution < 1.29 is 14.3 Å². The zero-order valence-electron chi connectivity index (χ0n) is 12.9. The van der Waals surface area contributed by atoms with E-state index in [-0.39, 0.29) is 11.2 Å². The summed E-state index contributed by atoms with van der Waals surface area (Å²) in [7, 11) is 2.15. The number of ether oxygens (including phenoxy) is 2. The van der Waals surface area contributed by atoms with Gasteiger partial charge in [-0.05, 0) is 44.1 Å². The number of Topliss-reactive ketones (excluding diaryl/α,β-unsaturated/α-hetero) is 1. The molecule has 0 N–H and O–H groups in total. The Morgan fingerprint density at radius 2 is 1.95 bits per heavy atom. The monoisotopic (exact) mass is 299 g/mol. The number of rotatable bonds is 1. The Bertz CT molecular complexity index is 666. The number of carbonyl (C=O) groups excluding carboxylic acids is 1. The van der Waals surface area contributed by atoms with Gasteiger partial charge in [-0.15, -0.1) is 0 Å². The summed E-state index contributed by atoms with van der Waals surface area (Å²) in [5.74, 6) is 1.85. The molecule has 5 rings (SSSR count). The van der Waals surface area contributed by atoms with Crippen molar-refractivity contribution in [3.8, 4) is 11.5 Å². The number of ketones is 1. The molecule has 0 bridgehead atoms. The van der Waals surface area contributed by atoms with Gasteiger partial charge in [0, 0.05) is 37.1 Å². The predicted octanol–water partition coefficient (Wildman–Crippen LogP) is 2.64. The van der Waals surface area contributed by atoms with Crippen LogP contribution in [0.1, 0.15) is 44.1 Å². The van der Waals surface area contributed by atoms with Gasteiger partial charge in [0.25, 0.3) is 5.79 Å². The van der Waals surface area contributed by atoms with Crippen LogP contribution in [0.3, 0.4) is 0 Å². The molecule has 0 unspecified atom stereocenters. The van der Waals surface area contributed by atoms with Crippen LogP contribution in [-0.4, -0.2) is 36.1 Å². The zero-order chi connectivity index (χ0) is 14.9. The second-order valence-corrected chi connectivity index (χ2v) is 7.42. The van der Waals surface area contributed by atoms with Crippen molar-refractivity contribution in [1.29, 1.82) is 0 Å². The fourth-order valence-electron chi connectivity index (χ4n) is 4.63. The van der Waals surface area contributed by atoms with Gasteiger partial charge >= 0.3 is 0 Å². The van der Waals surface area contributed by atoms with Gasteiger partial charge in [0.15, 0.2) is 11.5 Å². The number of hydrogen-bond donors (Lipinski definition) is 0. The maximum absolute atomic E-state index is 11.9. The second-order valence-electron chi connectivity index (χ2n) is 7.42. The van der Waals surface area contributed by atoms with Crippen molar-refractivity contribution in [2.75, 3.05) is 13.6 Å². The van der Waals surface area contributed by atoms with E-state index >= 15 is 0 Å². The Kier molecular flexibility index (Phi) is 2.38.